The smallest absolute Gasteiger partial charge is 0.362 e. The third kappa shape index (κ3) is 2.89. The van der Waals surface area contributed by atoms with Crippen molar-refractivity contribution in [1.82, 2.24) is 4.98 Å². The lowest BCUT2D eigenvalue weighted by atomic mass is 10.1. The number of aromatic nitrogens is 1. The number of hydrogen-bond donors (Lipinski definition) is 1. The van der Waals surface area contributed by atoms with Crippen LogP contribution in [0.3, 0.4) is 0 Å². The maximum absolute atomic E-state index is 12.5. The van der Waals surface area contributed by atoms with Crippen molar-refractivity contribution < 1.29 is 14.3 Å². The van der Waals surface area contributed by atoms with Gasteiger partial charge in [0, 0.05) is 17.1 Å². The topological polar surface area (TPSA) is 82.3 Å². The minimum atomic E-state index is -0.578. The second-order valence-corrected chi connectivity index (χ2v) is 5.11. The number of esters is 1. The van der Waals surface area contributed by atoms with Gasteiger partial charge in [-0.2, -0.15) is 0 Å². The number of nitrogens with two attached hydrogens (primary N) is 1. The van der Waals surface area contributed by atoms with Gasteiger partial charge in [0.05, 0.1) is 0 Å². The van der Waals surface area contributed by atoms with Crippen molar-refractivity contribution >= 4 is 22.6 Å². The van der Waals surface area contributed by atoms with Crippen molar-refractivity contribution in [2.45, 2.75) is 6.92 Å². The summed E-state index contributed by atoms with van der Waals surface area (Å²) in [5.41, 5.74) is 6.49. The Balaban J connectivity index is 1.98. The van der Waals surface area contributed by atoms with Gasteiger partial charge in [0.2, 0.25) is 5.91 Å². The lowest BCUT2D eigenvalue weighted by molar-refractivity contribution is 0.0728. The first kappa shape index (κ1) is 14.7. The van der Waals surface area contributed by atoms with Crippen molar-refractivity contribution in [3.63, 3.8) is 0 Å². The van der Waals surface area contributed by atoms with E-state index in [4.69, 9.17) is 10.5 Å². The lowest BCUT2D eigenvalue weighted by Crippen LogP contribution is -2.14. The summed E-state index contributed by atoms with van der Waals surface area (Å²) in [6.07, 6.45) is 1.56. The zero-order chi connectivity index (χ0) is 16.4. The quantitative estimate of drug-likeness (QED) is 0.596. The number of hydrogen-bond acceptors (Lipinski definition) is 4. The van der Waals surface area contributed by atoms with Crippen molar-refractivity contribution in [1.29, 1.82) is 0 Å². The van der Waals surface area contributed by atoms with Gasteiger partial charge < -0.3 is 10.5 Å². The first-order valence-electron chi connectivity index (χ1n) is 7.02. The molecule has 0 atom stereocenters. The zero-order valence-electron chi connectivity index (χ0n) is 12.4. The first-order chi connectivity index (χ1) is 11.1. The highest BCUT2D eigenvalue weighted by Crippen LogP contribution is 2.22. The Morgan fingerprint density at radius 1 is 1.09 bits per heavy atom. The summed E-state index contributed by atoms with van der Waals surface area (Å²) in [6, 6.07) is 14.0. The number of fused-ring (bicyclic) bond motifs is 1. The Morgan fingerprint density at radius 2 is 1.87 bits per heavy atom. The molecular weight excluding hydrogens is 292 g/mol. The van der Waals surface area contributed by atoms with Gasteiger partial charge in [-0.1, -0.05) is 30.3 Å². The van der Waals surface area contributed by atoms with Gasteiger partial charge in [-0.15, -0.1) is 0 Å². The molecule has 0 aliphatic carbocycles. The van der Waals surface area contributed by atoms with Crippen molar-refractivity contribution in [3.8, 4) is 5.75 Å². The maximum atomic E-state index is 12.5. The SMILES string of the molecule is Cc1ccc(C(N)=O)cc1OC(=O)c1nccc2ccccc12. The maximum Gasteiger partial charge on any atom is 0.362 e. The molecule has 0 aliphatic heterocycles. The van der Waals surface area contributed by atoms with Crippen LogP contribution in [0.25, 0.3) is 10.8 Å². The number of amides is 1. The molecule has 0 aliphatic rings. The molecule has 3 rings (SSSR count). The summed E-state index contributed by atoms with van der Waals surface area (Å²) >= 11 is 0. The third-order valence-electron chi connectivity index (χ3n) is 3.54. The average Bonchev–Trinajstić information content (AvgIpc) is 2.56. The Morgan fingerprint density at radius 3 is 2.65 bits per heavy atom. The molecule has 2 aromatic carbocycles. The average molecular weight is 306 g/mol. The molecule has 5 heteroatoms. The third-order valence-corrected chi connectivity index (χ3v) is 3.54. The molecule has 1 heterocycles. The normalized spacial score (nSPS) is 10.5. The van der Waals surface area contributed by atoms with Gasteiger partial charge in [-0.25, -0.2) is 9.78 Å². The fourth-order valence-corrected chi connectivity index (χ4v) is 2.29. The van der Waals surface area contributed by atoms with Crippen LogP contribution in [0.15, 0.2) is 54.7 Å². The minimum Gasteiger partial charge on any atom is -0.421 e. The number of carbonyl (C=O) groups is 2. The number of ether oxygens (including phenoxy) is 1. The Kier molecular flexibility index (Phi) is 3.76. The van der Waals surface area contributed by atoms with E-state index in [0.29, 0.717) is 11.1 Å². The van der Waals surface area contributed by atoms with Crippen LogP contribution in [-0.2, 0) is 0 Å². The molecule has 114 valence electrons. The van der Waals surface area contributed by atoms with E-state index in [1.807, 2.05) is 30.3 Å². The van der Waals surface area contributed by atoms with E-state index < -0.39 is 11.9 Å². The van der Waals surface area contributed by atoms with Gasteiger partial charge in [0.25, 0.3) is 0 Å². The molecule has 0 saturated carbocycles. The summed E-state index contributed by atoms with van der Waals surface area (Å²) in [5, 5.41) is 1.61. The summed E-state index contributed by atoms with van der Waals surface area (Å²) in [4.78, 5) is 27.8. The largest absolute Gasteiger partial charge is 0.421 e. The highest BCUT2D eigenvalue weighted by atomic mass is 16.5. The van der Waals surface area contributed by atoms with E-state index in [1.165, 1.54) is 6.07 Å². The number of carbonyl (C=O) groups excluding carboxylic acids is 2. The van der Waals surface area contributed by atoms with Gasteiger partial charge in [0.1, 0.15) is 5.75 Å². The molecule has 0 spiro atoms. The second kappa shape index (κ2) is 5.88. The molecule has 1 aromatic heterocycles. The minimum absolute atomic E-state index is 0.229. The molecule has 3 aromatic rings. The molecule has 1 amide bonds. The van der Waals surface area contributed by atoms with E-state index in [-0.39, 0.29) is 11.3 Å². The lowest BCUT2D eigenvalue weighted by Gasteiger charge is -2.09. The Bertz CT molecular complexity index is 914. The van der Waals surface area contributed by atoms with Crippen LogP contribution < -0.4 is 10.5 Å². The number of nitrogens with zero attached hydrogens (tertiary/aromatic N) is 1. The van der Waals surface area contributed by atoms with Crippen molar-refractivity contribution in [3.05, 3.63) is 71.5 Å². The predicted molar refractivity (Wildman–Crippen MR) is 86.4 cm³/mol. The predicted octanol–water partition coefficient (Wildman–Crippen LogP) is 2.86. The molecule has 5 nitrogen and oxygen atoms in total. The van der Waals surface area contributed by atoms with Crippen molar-refractivity contribution in [2.24, 2.45) is 5.73 Å². The van der Waals surface area contributed by atoms with Gasteiger partial charge >= 0.3 is 5.97 Å². The Labute approximate surface area is 132 Å². The number of rotatable bonds is 3. The highest BCUT2D eigenvalue weighted by Gasteiger charge is 2.16. The number of pyridine rings is 1. The molecule has 0 saturated heterocycles. The van der Waals surface area contributed by atoms with E-state index in [1.54, 1.807) is 25.3 Å². The first-order valence-corrected chi connectivity index (χ1v) is 7.02. The number of primary amides is 1. The summed E-state index contributed by atoms with van der Waals surface area (Å²) < 4.78 is 5.42. The molecule has 23 heavy (non-hydrogen) atoms. The summed E-state index contributed by atoms with van der Waals surface area (Å²) in [6.45, 7) is 1.78. The van der Waals surface area contributed by atoms with E-state index >= 15 is 0 Å². The van der Waals surface area contributed by atoms with E-state index in [2.05, 4.69) is 4.98 Å². The summed E-state index contributed by atoms with van der Waals surface area (Å²) in [5.74, 6) is -0.863. The molecule has 0 bridgehead atoms. The fraction of sp³-hybridized carbons (Fsp3) is 0.0556. The van der Waals surface area contributed by atoms with Crippen LogP contribution in [0.4, 0.5) is 0 Å². The number of benzene rings is 2. The van der Waals surface area contributed by atoms with Crippen LogP contribution in [-0.4, -0.2) is 16.9 Å². The van der Waals surface area contributed by atoms with Gasteiger partial charge in [-0.3, -0.25) is 4.79 Å². The van der Waals surface area contributed by atoms with Crippen LogP contribution in [0, 0.1) is 6.92 Å². The van der Waals surface area contributed by atoms with Crippen molar-refractivity contribution in [2.75, 3.05) is 0 Å². The monoisotopic (exact) mass is 306 g/mol. The van der Waals surface area contributed by atoms with Crippen LogP contribution in [0.5, 0.6) is 5.75 Å². The van der Waals surface area contributed by atoms with Gasteiger partial charge in [0.15, 0.2) is 5.69 Å². The Hall–Kier alpha value is -3.21. The highest BCUT2D eigenvalue weighted by molar-refractivity contribution is 6.03. The van der Waals surface area contributed by atoms with Crippen LogP contribution in [0.2, 0.25) is 0 Å². The zero-order valence-corrected chi connectivity index (χ0v) is 12.4. The van der Waals surface area contributed by atoms with E-state index in [9.17, 15) is 9.59 Å². The number of aryl methyl sites for hydroxylation is 1. The molecular formula is C18H14N2O3. The standard InChI is InChI=1S/C18H14N2O3/c1-11-6-7-13(17(19)21)10-15(11)23-18(22)16-14-5-3-2-4-12(14)8-9-20-16/h2-10H,1H3,(H2,19,21). The van der Waals surface area contributed by atoms with E-state index in [0.717, 1.165) is 10.9 Å². The molecule has 0 fully saturated rings. The summed E-state index contributed by atoms with van der Waals surface area (Å²) in [7, 11) is 0. The molecule has 0 radical (unpaired) electrons. The van der Waals surface area contributed by atoms with Gasteiger partial charge in [-0.05, 0) is 36.1 Å². The fourth-order valence-electron chi connectivity index (χ4n) is 2.29. The second-order valence-electron chi connectivity index (χ2n) is 5.11. The molecule has 0 unspecified atom stereocenters. The molecule has 2 N–H and O–H groups in total. The van der Waals surface area contributed by atoms with Crippen LogP contribution in [0.1, 0.15) is 26.4 Å². The van der Waals surface area contributed by atoms with Crippen LogP contribution >= 0.6 is 0 Å².